The van der Waals surface area contributed by atoms with E-state index < -0.39 is 9.70 Å². The van der Waals surface area contributed by atoms with Gasteiger partial charge in [-0.25, -0.2) is 0 Å². The van der Waals surface area contributed by atoms with E-state index >= 15 is 0 Å². The number of hydrogen-bond acceptors (Lipinski definition) is 3. The van der Waals surface area contributed by atoms with E-state index in [9.17, 15) is 4.79 Å². The zero-order valence-electron chi connectivity index (χ0n) is 9.30. The van der Waals surface area contributed by atoms with Gasteiger partial charge in [-0.1, -0.05) is 34.8 Å². The van der Waals surface area contributed by atoms with Crippen LogP contribution in [0.1, 0.15) is 0 Å². The topological polar surface area (TPSA) is 58.4 Å². The number of amides is 1. The summed E-state index contributed by atoms with van der Waals surface area (Å²) in [6, 6.07) is 5.05. The van der Waals surface area contributed by atoms with Crippen LogP contribution < -0.4 is 16.0 Å². The van der Waals surface area contributed by atoms with Gasteiger partial charge in [0.05, 0.1) is 11.4 Å². The highest BCUT2D eigenvalue weighted by Crippen LogP contribution is 2.29. The number of benzene rings is 1. The molecule has 0 atom stereocenters. The van der Waals surface area contributed by atoms with Crippen molar-refractivity contribution in [3.63, 3.8) is 0 Å². The van der Waals surface area contributed by atoms with Gasteiger partial charge in [0.1, 0.15) is 0 Å². The highest BCUT2D eigenvalue weighted by molar-refractivity contribution is 6.76. The standard InChI is InChI=1S/C10H12Cl3N3O/c1-16(2)8-4-3-6(5-7(8)14)15-9(17)10(11,12)13/h3-5H,14H2,1-2H3,(H,15,17). The summed E-state index contributed by atoms with van der Waals surface area (Å²) in [5.74, 6) is -0.723. The minimum Gasteiger partial charge on any atom is -0.397 e. The van der Waals surface area contributed by atoms with Gasteiger partial charge >= 0.3 is 0 Å². The zero-order chi connectivity index (χ0) is 13.2. The van der Waals surface area contributed by atoms with E-state index in [4.69, 9.17) is 40.5 Å². The molecule has 0 aromatic heterocycles. The van der Waals surface area contributed by atoms with E-state index in [0.717, 1.165) is 5.69 Å². The Morgan fingerprint density at radius 1 is 1.35 bits per heavy atom. The molecule has 0 spiro atoms. The molecule has 0 bridgehead atoms. The minimum absolute atomic E-state index is 0.476. The predicted octanol–water partition coefficient (Wildman–Crippen LogP) is 2.64. The van der Waals surface area contributed by atoms with Crippen molar-refractivity contribution in [3.05, 3.63) is 18.2 Å². The quantitative estimate of drug-likeness (QED) is 0.651. The van der Waals surface area contributed by atoms with E-state index in [-0.39, 0.29) is 0 Å². The van der Waals surface area contributed by atoms with Crippen LogP contribution in [0.2, 0.25) is 0 Å². The van der Waals surface area contributed by atoms with Crippen molar-refractivity contribution in [2.24, 2.45) is 0 Å². The van der Waals surface area contributed by atoms with Crippen molar-refractivity contribution in [3.8, 4) is 0 Å². The van der Waals surface area contributed by atoms with E-state index in [1.807, 2.05) is 19.0 Å². The second-order valence-electron chi connectivity index (χ2n) is 3.62. The van der Waals surface area contributed by atoms with Gasteiger partial charge in [-0.2, -0.15) is 0 Å². The number of nitrogen functional groups attached to an aromatic ring is 1. The number of halogens is 3. The molecule has 1 amide bonds. The molecule has 1 aromatic rings. The molecule has 3 N–H and O–H groups in total. The molecule has 0 saturated carbocycles. The number of nitrogens with one attached hydrogen (secondary N) is 1. The third kappa shape index (κ3) is 3.84. The number of nitrogens with two attached hydrogens (primary N) is 1. The first-order chi connectivity index (χ1) is 7.71. The normalized spacial score (nSPS) is 11.1. The van der Waals surface area contributed by atoms with Crippen LogP contribution >= 0.6 is 34.8 Å². The summed E-state index contributed by atoms with van der Waals surface area (Å²) < 4.78 is -1.99. The van der Waals surface area contributed by atoms with Crippen LogP contribution in [0.25, 0.3) is 0 Å². The lowest BCUT2D eigenvalue weighted by molar-refractivity contribution is -0.115. The summed E-state index contributed by atoms with van der Waals surface area (Å²) in [5.41, 5.74) is 7.66. The second-order valence-corrected chi connectivity index (χ2v) is 5.90. The Morgan fingerprint density at radius 2 is 1.94 bits per heavy atom. The van der Waals surface area contributed by atoms with Crippen LogP contribution in [0, 0.1) is 0 Å². The summed E-state index contributed by atoms with van der Waals surface area (Å²) in [7, 11) is 3.73. The molecule has 17 heavy (non-hydrogen) atoms. The molecule has 0 aliphatic carbocycles. The molecular weight excluding hydrogens is 284 g/mol. The Balaban J connectivity index is 2.89. The van der Waals surface area contributed by atoms with E-state index in [0.29, 0.717) is 11.4 Å². The molecule has 1 aromatic carbocycles. The third-order valence-electron chi connectivity index (χ3n) is 2.02. The Kier molecular flexibility index (Phi) is 4.36. The van der Waals surface area contributed by atoms with Crippen LogP contribution in [0.15, 0.2) is 18.2 Å². The molecular formula is C10H12Cl3N3O. The van der Waals surface area contributed by atoms with Crippen molar-refractivity contribution < 1.29 is 4.79 Å². The van der Waals surface area contributed by atoms with Gasteiger partial charge in [0.2, 0.25) is 0 Å². The van der Waals surface area contributed by atoms with Gasteiger partial charge in [-0.3, -0.25) is 4.79 Å². The number of carbonyl (C=O) groups is 1. The summed E-state index contributed by atoms with van der Waals surface area (Å²) >= 11 is 16.3. The van der Waals surface area contributed by atoms with Crippen molar-refractivity contribution in [2.75, 3.05) is 30.0 Å². The number of carbonyl (C=O) groups excluding carboxylic acids is 1. The van der Waals surface area contributed by atoms with Gasteiger partial charge in [0, 0.05) is 19.8 Å². The summed E-state index contributed by atoms with van der Waals surface area (Å²) in [5, 5.41) is 2.46. The Bertz CT molecular complexity index is 429. The van der Waals surface area contributed by atoms with Crippen LogP contribution in [0.4, 0.5) is 17.1 Å². The number of rotatable bonds is 2. The molecule has 0 aliphatic rings. The van der Waals surface area contributed by atoms with Crippen molar-refractivity contribution in [1.82, 2.24) is 0 Å². The Labute approximate surface area is 115 Å². The zero-order valence-corrected chi connectivity index (χ0v) is 11.6. The average Bonchev–Trinajstić information content (AvgIpc) is 2.15. The van der Waals surface area contributed by atoms with Crippen molar-refractivity contribution in [2.45, 2.75) is 3.79 Å². The monoisotopic (exact) mass is 295 g/mol. The van der Waals surface area contributed by atoms with Gasteiger partial charge in [0.25, 0.3) is 9.70 Å². The van der Waals surface area contributed by atoms with Gasteiger partial charge < -0.3 is 16.0 Å². The fourth-order valence-corrected chi connectivity index (χ4v) is 1.38. The fourth-order valence-electron chi connectivity index (χ4n) is 1.24. The maximum Gasteiger partial charge on any atom is 0.276 e. The Hall–Kier alpha value is -0.840. The smallest absolute Gasteiger partial charge is 0.276 e. The molecule has 4 nitrogen and oxygen atoms in total. The van der Waals surface area contributed by atoms with Crippen LogP contribution in [0.3, 0.4) is 0 Å². The predicted molar refractivity (Wildman–Crippen MR) is 74.1 cm³/mol. The maximum absolute atomic E-state index is 11.4. The number of hydrogen-bond donors (Lipinski definition) is 2. The van der Waals surface area contributed by atoms with Gasteiger partial charge in [-0.15, -0.1) is 0 Å². The highest BCUT2D eigenvalue weighted by Gasteiger charge is 2.30. The molecule has 1 rings (SSSR count). The molecule has 0 heterocycles. The van der Waals surface area contributed by atoms with Crippen LogP contribution in [-0.4, -0.2) is 23.8 Å². The van der Waals surface area contributed by atoms with Crippen molar-refractivity contribution in [1.29, 1.82) is 0 Å². The van der Waals surface area contributed by atoms with Gasteiger partial charge in [-0.05, 0) is 18.2 Å². The lowest BCUT2D eigenvalue weighted by Gasteiger charge is -2.17. The second kappa shape index (κ2) is 5.21. The molecule has 0 unspecified atom stereocenters. The first-order valence-electron chi connectivity index (χ1n) is 4.67. The first kappa shape index (κ1) is 14.2. The molecule has 0 saturated heterocycles. The Morgan fingerprint density at radius 3 is 2.35 bits per heavy atom. The van der Waals surface area contributed by atoms with Gasteiger partial charge in [0.15, 0.2) is 0 Å². The highest BCUT2D eigenvalue weighted by atomic mass is 35.6. The number of anilines is 3. The lowest BCUT2D eigenvalue weighted by atomic mass is 10.2. The average molecular weight is 297 g/mol. The third-order valence-corrected chi connectivity index (χ3v) is 2.54. The SMILES string of the molecule is CN(C)c1ccc(NC(=O)C(Cl)(Cl)Cl)cc1N. The first-order valence-corrected chi connectivity index (χ1v) is 5.80. The van der Waals surface area contributed by atoms with E-state index in [1.54, 1.807) is 18.2 Å². The van der Waals surface area contributed by atoms with Crippen LogP contribution in [0.5, 0.6) is 0 Å². The number of nitrogens with zero attached hydrogens (tertiary/aromatic N) is 1. The summed E-state index contributed by atoms with van der Waals surface area (Å²) in [6.07, 6.45) is 0. The lowest BCUT2D eigenvalue weighted by Crippen LogP contribution is -2.27. The molecule has 7 heteroatoms. The van der Waals surface area contributed by atoms with E-state index in [2.05, 4.69) is 5.32 Å². The molecule has 94 valence electrons. The number of alkyl halides is 3. The fraction of sp³-hybridized carbons (Fsp3) is 0.300. The van der Waals surface area contributed by atoms with E-state index in [1.165, 1.54) is 0 Å². The molecule has 0 radical (unpaired) electrons. The molecule has 0 aliphatic heterocycles. The minimum atomic E-state index is -1.99. The largest absolute Gasteiger partial charge is 0.397 e. The van der Waals surface area contributed by atoms with Crippen LogP contribution in [-0.2, 0) is 4.79 Å². The summed E-state index contributed by atoms with van der Waals surface area (Å²) in [4.78, 5) is 13.3. The maximum atomic E-state index is 11.4. The molecule has 0 fully saturated rings. The van der Waals surface area contributed by atoms with Crippen molar-refractivity contribution >= 4 is 57.8 Å². The summed E-state index contributed by atoms with van der Waals surface area (Å²) in [6.45, 7) is 0.